The summed E-state index contributed by atoms with van der Waals surface area (Å²) < 4.78 is 5.71. The molecule has 0 spiro atoms. The number of allylic oxidation sites excluding steroid dienone is 2. The highest BCUT2D eigenvalue weighted by molar-refractivity contribution is 5.52. The highest BCUT2D eigenvalue weighted by atomic mass is 16.5. The van der Waals surface area contributed by atoms with Gasteiger partial charge in [-0.2, -0.15) is 0 Å². The lowest BCUT2D eigenvalue weighted by atomic mass is 9.51. The Kier molecular flexibility index (Phi) is 4.98. The molecule has 3 heteroatoms. The maximum Gasteiger partial charge on any atom is 0.131 e. The molecule has 5 rings (SSSR count). The van der Waals surface area contributed by atoms with Crippen molar-refractivity contribution in [2.24, 2.45) is 17.3 Å². The van der Waals surface area contributed by atoms with E-state index in [-0.39, 0.29) is 5.41 Å². The van der Waals surface area contributed by atoms with E-state index in [2.05, 4.69) is 62.0 Å². The highest BCUT2D eigenvalue weighted by Crippen LogP contribution is 2.66. The molecule has 2 unspecified atom stereocenters. The fourth-order valence-electron chi connectivity index (χ4n) is 7.16. The van der Waals surface area contributed by atoms with Crippen LogP contribution < -0.4 is 4.90 Å². The first-order chi connectivity index (χ1) is 14.9. The first-order valence-corrected chi connectivity index (χ1v) is 11.9. The monoisotopic (exact) mass is 417 g/mol. The van der Waals surface area contributed by atoms with E-state index in [0.717, 1.165) is 45.1 Å². The van der Waals surface area contributed by atoms with Crippen molar-refractivity contribution in [2.75, 3.05) is 25.6 Å². The quantitative estimate of drug-likeness (QED) is 0.652. The molecule has 164 valence electrons. The van der Waals surface area contributed by atoms with Gasteiger partial charge in [0.15, 0.2) is 0 Å². The predicted octanol–water partition coefficient (Wildman–Crippen LogP) is 5.42. The highest BCUT2D eigenvalue weighted by Gasteiger charge is 2.62. The molecular formula is C28H35NO2. The Morgan fingerprint density at radius 2 is 1.90 bits per heavy atom. The molecule has 0 radical (unpaired) electrons. The number of hydrogen-bond donors (Lipinski definition) is 1. The maximum atomic E-state index is 11.7. The van der Waals surface area contributed by atoms with E-state index in [4.69, 9.17) is 4.74 Å². The zero-order chi connectivity index (χ0) is 21.8. The zero-order valence-electron chi connectivity index (χ0n) is 19.4. The van der Waals surface area contributed by atoms with Crippen LogP contribution in [-0.2, 0) is 4.74 Å². The van der Waals surface area contributed by atoms with Gasteiger partial charge in [0.25, 0.3) is 0 Å². The Hall–Kier alpha value is -2.18. The van der Waals surface area contributed by atoms with Crippen LogP contribution in [0.4, 0.5) is 5.69 Å². The molecule has 5 atom stereocenters. The number of rotatable bonds is 2. The topological polar surface area (TPSA) is 32.7 Å². The third-order valence-corrected chi connectivity index (χ3v) is 8.77. The second-order valence-corrected chi connectivity index (χ2v) is 10.4. The van der Waals surface area contributed by atoms with Gasteiger partial charge < -0.3 is 14.7 Å². The van der Waals surface area contributed by atoms with Crippen molar-refractivity contribution in [3.8, 4) is 11.8 Å². The molecule has 4 aliphatic rings. The Balaban J connectivity index is 1.66. The van der Waals surface area contributed by atoms with Crippen molar-refractivity contribution >= 4 is 5.69 Å². The van der Waals surface area contributed by atoms with Gasteiger partial charge >= 0.3 is 0 Å². The van der Waals surface area contributed by atoms with Gasteiger partial charge in [0, 0.05) is 37.5 Å². The zero-order valence-corrected chi connectivity index (χ0v) is 19.4. The fraction of sp³-hybridized carbons (Fsp3) is 0.571. The van der Waals surface area contributed by atoms with Crippen LogP contribution >= 0.6 is 0 Å². The van der Waals surface area contributed by atoms with E-state index in [0.29, 0.717) is 17.8 Å². The van der Waals surface area contributed by atoms with Crippen molar-refractivity contribution in [2.45, 2.75) is 63.9 Å². The van der Waals surface area contributed by atoms with Gasteiger partial charge in [-0.25, -0.2) is 0 Å². The molecule has 0 bridgehead atoms. The van der Waals surface area contributed by atoms with Gasteiger partial charge in [-0.15, -0.1) is 5.92 Å². The second kappa shape index (κ2) is 7.45. The molecule has 1 N–H and O–H groups in total. The van der Waals surface area contributed by atoms with Gasteiger partial charge in [0.2, 0.25) is 0 Å². The number of aliphatic hydroxyl groups is 1. The smallest absolute Gasteiger partial charge is 0.131 e. The SMILES string of the molecule is CC#C[C@]1(O)CCC2C3CCC4=COCCC4=C3[C@@H](c3ccc(N(C)C)cc3)C[C@@]21C. The van der Waals surface area contributed by atoms with Crippen LogP contribution in [0.1, 0.15) is 63.9 Å². The number of hydrogen-bond acceptors (Lipinski definition) is 3. The molecule has 0 saturated heterocycles. The summed E-state index contributed by atoms with van der Waals surface area (Å²) in [4.78, 5) is 2.15. The van der Waals surface area contributed by atoms with Crippen LogP contribution in [-0.4, -0.2) is 31.4 Å². The summed E-state index contributed by atoms with van der Waals surface area (Å²) in [5.74, 6) is 7.69. The van der Waals surface area contributed by atoms with E-state index in [1.54, 1.807) is 11.1 Å². The van der Waals surface area contributed by atoms with Gasteiger partial charge in [-0.1, -0.05) is 30.6 Å². The molecule has 2 fully saturated rings. The molecule has 0 amide bonds. The second-order valence-electron chi connectivity index (χ2n) is 10.4. The lowest BCUT2D eigenvalue weighted by molar-refractivity contribution is -0.0515. The third kappa shape index (κ3) is 3.06. The molecule has 1 heterocycles. The lowest BCUT2D eigenvalue weighted by Crippen LogP contribution is -2.51. The summed E-state index contributed by atoms with van der Waals surface area (Å²) in [5, 5.41) is 11.7. The molecule has 2 saturated carbocycles. The molecule has 3 nitrogen and oxygen atoms in total. The summed E-state index contributed by atoms with van der Waals surface area (Å²) in [5.41, 5.74) is 6.17. The van der Waals surface area contributed by atoms with Gasteiger partial charge in [-0.05, 0) is 79.7 Å². The summed E-state index contributed by atoms with van der Waals surface area (Å²) in [6.07, 6.45) is 8.14. The molecule has 31 heavy (non-hydrogen) atoms. The molecule has 1 aromatic rings. The van der Waals surface area contributed by atoms with Crippen molar-refractivity contribution in [3.63, 3.8) is 0 Å². The number of anilines is 1. The van der Waals surface area contributed by atoms with Crippen molar-refractivity contribution in [1.29, 1.82) is 0 Å². The standard InChI is InChI=1S/C28H35NO2/c1-5-14-28(30)15-12-25-23-11-8-20-18-31-16-13-22(20)26(23)24(17-27(25,28)2)19-6-9-21(10-7-19)29(3)4/h6-7,9-10,18,23-25,30H,8,11-13,15-17H2,1-4H3/t23?,24-,25?,27+,28+/m1/s1. The van der Waals surface area contributed by atoms with Crippen LogP contribution in [0.5, 0.6) is 0 Å². The van der Waals surface area contributed by atoms with E-state index < -0.39 is 5.60 Å². The number of benzene rings is 1. The Morgan fingerprint density at radius 1 is 1.13 bits per heavy atom. The van der Waals surface area contributed by atoms with E-state index in [9.17, 15) is 5.11 Å². The normalized spacial score (nSPS) is 36.3. The van der Waals surface area contributed by atoms with E-state index in [1.165, 1.54) is 16.8 Å². The van der Waals surface area contributed by atoms with Crippen LogP contribution in [0, 0.1) is 29.1 Å². The maximum absolute atomic E-state index is 11.7. The van der Waals surface area contributed by atoms with E-state index in [1.807, 2.05) is 13.2 Å². The average molecular weight is 418 g/mol. The Labute approximate surface area is 187 Å². The van der Waals surface area contributed by atoms with Crippen molar-refractivity contribution in [1.82, 2.24) is 0 Å². The van der Waals surface area contributed by atoms with Crippen LogP contribution in [0.25, 0.3) is 0 Å². The fourth-order valence-corrected chi connectivity index (χ4v) is 7.16. The van der Waals surface area contributed by atoms with Crippen LogP contribution in [0.2, 0.25) is 0 Å². The van der Waals surface area contributed by atoms with Gasteiger partial charge in [0.05, 0.1) is 12.9 Å². The Morgan fingerprint density at radius 3 is 2.61 bits per heavy atom. The Bertz CT molecular complexity index is 992. The molecule has 1 aliphatic heterocycles. The summed E-state index contributed by atoms with van der Waals surface area (Å²) in [7, 11) is 4.17. The van der Waals surface area contributed by atoms with Gasteiger partial charge in [-0.3, -0.25) is 0 Å². The molecule has 1 aromatic carbocycles. The predicted molar refractivity (Wildman–Crippen MR) is 126 cm³/mol. The van der Waals surface area contributed by atoms with Crippen LogP contribution in [0.3, 0.4) is 0 Å². The first kappa shape index (κ1) is 20.7. The minimum Gasteiger partial charge on any atom is -0.501 e. The van der Waals surface area contributed by atoms with Crippen molar-refractivity contribution < 1.29 is 9.84 Å². The average Bonchev–Trinajstić information content (AvgIpc) is 3.03. The minimum atomic E-state index is -0.879. The minimum absolute atomic E-state index is 0.179. The largest absolute Gasteiger partial charge is 0.501 e. The van der Waals surface area contributed by atoms with E-state index >= 15 is 0 Å². The molecule has 0 aromatic heterocycles. The summed E-state index contributed by atoms with van der Waals surface area (Å²) in [6.45, 7) is 4.98. The lowest BCUT2D eigenvalue weighted by Gasteiger charge is -2.53. The number of ether oxygens (including phenoxy) is 1. The molecular weight excluding hydrogens is 382 g/mol. The number of fused-ring (bicyclic) bond motifs is 4. The first-order valence-electron chi connectivity index (χ1n) is 11.9. The number of nitrogens with zero attached hydrogens (tertiary/aromatic N) is 1. The van der Waals surface area contributed by atoms with Crippen molar-refractivity contribution in [3.05, 3.63) is 52.8 Å². The molecule has 3 aliphatic carbocycles. The van der Waals surface area contributed by atoms with Crippen LogP contribution in [0.15, 0.2) is 47.2 Å². The summed E-state index contributed by atoms with van der Waals surface area (Å²) in [6, 6.07) is 9.09. The van der Waals surface area contributed by atoms with Gasteiger partial charge in [0.1, 0.15) is 5.60 Å². The summed E-state index contributed by atoms with van der Waals surface area (Å²) >= 11 is 0. The third-order valence-electron chi connectivity index (χ3n) is 8.77.